The molecule has 1 saturated carbocycles. The van der Waals surface area contributed by atoms with Crippen molar-refractivity contribution in [1.29, 1.82) is 0 Å². The molecule has 1 aliphatic carbocycles. The quantitative estimate of drug-likeness (QED) is 0.266. The van der Waals surface area contributed by atoms with Crippen molar-refractivity contribution in [3.8, 4) is 11.5 Å². The third kappa shape index (κ3) is 7.00. The average molecular weight is 448 g/mol. The van der Waals surface area contributed by atoms with E-state index < -0.39 is 0 Å². The highest BCUT2D eigenvalue weighted by atomic mass is 16.5. The normalized spacial score (nSPS) is 18.0. The Hall–Kier alpha value is -2.52. The molecule has 0 bridgehead atoms. The second kappa shape index (κ2) is 12.5. The molecule has 0 aromatic heterocycles. The fourth-order valence-corrected chi connectivity index (χ4v) is 3.76. The molecule has 1 aromatic carbocycles. The zero-order valence-electron chi connectivity index (χ0n) is 19.5. The van der Waals surface area contributed by atoms with E-state index in [1.165, 1.54) is 0 Å². The van der Waals surface area contributed by atoms with Crippen LogP contribution in [0.1, 0.15) is 31.4 Å². The third-order valence-electron chi connectivity index (χ3n) is 5.71. The molecule has 1 heterocycles. The first-order valence-electron chi connectivity index (χ1n) is 11.5. The number of carbonyl (C=O) groups is 1. The van der Waals surface area contributed by atoms with Gasteiger partial charge in [0.1, 0.15) is 0 Å². The van der Waals surface area contributed by atoms with Gasteiger partial charge in [0.05, 0.1) is 40.0 Å². The van der Waals surface area contributed by atoms with Crippen LogP contribution in [0.4, 0.5) is 0 Å². The summed E-state index contributed by atoms with van der Waals surface area (Å²) in [6, 6.07) is 6.13. The lowest BCUT2D eigenvalue weighted by molar-refractivity contribution is -0.122. The molecule has 9 heteroatoms. The summed E-state index contributed by atoms with van der Waals surface area (Å²) in [5.74, 6) is 2.56. The van der Waals surface area contributed by atoms with Crippen LogP contribution in [-0.2, 0) is 9.53 Å². The summed E-state index contributed by atoms with van der Waals surface area (Å²) in [5, 5.41) is 9.59. The molecule has 178 valence electrons. The van der Waals surface area contributed by atoms with Gasteiger partial charge in [-0.25, -0.2) is 0 Å². The zero-order chi connectivity index (χ0) is 22.8. The van der Waals surface area contributed by atoms with E-state index in [2.05, 4.69) is 26.9 Å². The fourth-order valence-electron chi connectivity index (χ4n) is 3.76. The average Bonchev–Trinajstić information content (AvgIpc) is 3.68. The smallest absolute Gasteiger partial charge is 0.223 e. The van der Waals surface area contributed by atoms with Crippen LogP contribution in [0, 0.1) is 5.92 Å². The van der Waals surface area contributed by atoms with E-state index in [4.69, 9.17) is 19.2 Å². The van der Waals surface area contributed by atoms with Gasteiger partial charge < -0.3 is 30.2 Å². The number of morpholine rings is 1. The van der Waals surface area contributed by atoms with E-state index in [-0.39, 0.29) is 17.9 Å². The number of ether oxygens (including phenoxy) is 3. The van der Waals surface area contributed by atoms with Gasteiger partial charge in [-0.15, -0.1) is 0 Å². The summed E-state index contributed by atoms with van der Waals surface area (Å²) in [4.78, 5) is 19.1. The van der Waals surface area contributed by atoms with Gasteiger partial charge in [0.15, 0.2) is 17.5 Å². The second-order valence-electron chi connectivity index (χ2n) is 7.99. The number of nitrogens with zero attached hydrogens (tertiary/aromatic N) is 2. The van der Waals surface area contributed by atoms with Crippen molar-refractivity contribution in [3.05, 3.63) is 23.8 Å². The van der Waals surface area contributed by atoms with Gasteiger partial charge in [0.25, 0.3) is 0 Å². The highest BCUT2D eigenvalue weighted by molar-refractivity contribution is 5.81. The van der Waals surface area contributed by atoms with Crippen LogP contribution in [0.3, 0.4) is 0 Å². The van der Waals surface area contributed by atoms with Crippen LogP contribution < -0.4 is 25.4 Å². The molecule has 2 fully saturated rings. The molecule has 1 saturated heterocycles. The number of benzene rings is 1. The summed E-state index contributed by atoms with van der Waals surface area (Å²) in [6.45, 7) is 7.74. The molecule has 3 rings (SSSR count). The number of nitrogens with one attached hydrogen (secondary N) is 3. The first-order valence-corrected chi connectivity index (χ1v) is 11.5. The van der Waals surface area contributed by atoms with Crippen molar-refractivity contribution >= 4 is 11.9 Å². The Morgan fingerprint density at radius 1 is 1.12 bits per heavy atom. The molecular formula is C23H37N5O4. The molecule has 1 amide bonds. The minimum Gasteiger partial charge on any atom is -0.493 e. The van der Waals surface area contributed by atoms with Gasteiger partial charge in [-0.2, -0.15) is 0 Å². The third-order valence-corrected chi connectivity index (χ3v) is 5.71. The van der Waals surface area contributed by atoms with Crippen LogP contribution in [0.2, 0.25) is 0 Å². The van der Waals surface area contributed by atoms with Gasteiger partial charge in [0, 0.05) is 38.6 Å². The Bertz CT molecular complexity index is 763. The monoisotopic (exact) mass is 447 g/mol. The van der Waals surface area contributed by atoms with Crippen molar-refractivity contribution in [3.63, 3.8) is 0 Å². The van der Waals surface area contributed by atoms with E-state index in [0.29, 0.717) is 44.3 Å². The van der Waals surface area contributed by atoms with Gasteiger partial charge in [0.2, 0.25) is 5.91 Å². The number of amides is 1. The maximum Gasteiger partial charge on any atom is 0.223 e. The minimum absolute atomic E-state index is 0.0868. The maximum atomic E-state index is 11.8. The van der Waals surface area contributed by atoms with Crippen LogP contribution in [0.25, 0.3) is 0 Å². The van der Waals surface area contributed by atoms with E-state index in [9.17, 15) is 4.79 Å². The van der Waals surface area contributed by atoms with Crippen LogP contribution in [-0.4, -0.2) is 83.5 Å². The minimum atomic E-state index is 0.0868. The van der Waals surface area contributed by atoms with Crippen molar-refractivity contribution in [2.75, 3.05) is 66.7 Å². The predicted molar refractivity (Wildman–Crippen MR) is 124 cm³/mol. The van der Waals surface area contributed by atoms with Gasteiger partial charge in [-0.1, -0.05) is 6.07 Å². The second-order valence-corrected chi connectivity index (χ2v) is 7.99. The predicted octanol–water partition coefficient (Wildman–Crippen LogP) is 1.16. The Labute approximate surface area is 190 Å². The highest BCUT2D eigenvalue weighted by Gasteiger charge is 2.29. The maximum absolute atomic E-state index is 11.8. The molecule has 1 unspecified atom stereocenters. The summed E-state index contributed by atoms with van der Waals surface area (Å²) in [7, 11) is 3.29. The van der Waals surface area contributed by atoms with Gasteiger partial charge in [-0.3, -0.25) is 14.7 Å². The summed E-state index contributed by atoms with van der Waals surface area (Å²) in [6.07, 6.45) is 2.03. The Balaban J connectivity index is 1.67. The lowest BCUT2D eigenvalue weighted by atomic mass is 10.0. The zero-order valence-corrected chi connectivity index (χ0v) is 19.5. The highest BCUT2D eigenvalue weighted by Crippen LogP contribution is 2.32. The van der Waals surface area contributed by atoms with Crippen molar-refractivity contribution in [1.82, 2.24) is 20.9 Å². The molecule has 0 spiro atoms. The van der Waals surface area contributed by atoms with E-state index in [1.54, 1.807) is 14.2 Å². The van der Waals surface area contributed by atoms with E-state index in [1.807, 2.05) is 19.1 Å². The van der Waals surface area contributed by atoms with Crippen LogP contribution in [0.5, 0.6) is 11.5 Å². The Morgan fingerprint density at radius 2 is 1.84 bits per heavy atom. The van der Waals surface area contributed by atoms with Crippen LogP contribution >= 0.6 is 0 Å². The van der Waals surface area contributed by atoms with Crippen molar-refractivity contribution in [2.45, 2.75) is 25.8 Å². The number of carbonyl (C=O) groups excluding carboxylic acids is 1. The van der Waals surface area contributed by atoms with Gasteiger partial charge >= 0.3 is 0 Å². The molecule has 1 aromatic rings. The number of aliphatic imine (C=N–C) groups is 1. The molecule has 9 nitrogen and oxygen atoms in total. The van der Waals surface area contributed by atoms with Gasteiger partial charge in [-0.05, 0) is 37.5 Å². The lowest BCUT2D eigenvalue weighted by Gasteiger charge is -2.34. The molecule has 32 heavy (non-hydrogen) atoms. The number of guanidine groups is 1. The number of hydrogen-bond donors (Lipinski definition) is 3. The molecule has 2 aliphatic rings. The fraction of sp³-hybridized carbons (Fsp3) is 0.652. The molecule has 1 atom stereocenters. The standard InChI is InChI=1S/C23H37N5O4/c1-4-24-23(26-10-9-25-22(29)17-5-6-17)27-16-19(28-11-13-32-14-12-28)18-7-8-20(30-2)21(15-18)31-3/h7-8,15,17,19H,4-6,9-14,16H2,1-3H3,(H,25,29)(H2,24,26,27). The van der Waals surface area contributed by atoms with E-state index in [0.717, 1.165) is 44.0 Å². The number of rotatable bonds is 11. The first kappa shape index (κ1) is 24.1. The van der Waals surface area contributed by atoms with E-state index >= 15 is 0 Å². The summed E-state index contributed by atoms with van der Waals surface area (Å²) in [5.41, 5.74) is 1.13. The largest absolute Gasteiger partial charge is 0.493 e. The number of methoxy groups -OCH3 is 2. The van der Waals surface area contributed by atoms with Crippen molar-refractivity contribution < 1.29 is 19.0 Å². The Kier molecular flexibility index (Phi) is 9.43. The molecular weight excluding hydrogens is 410 g/mol. The Morgan fingerprint density at radius 3 is 2.50 bits per heavy atom. The van der Waals surface area contributed by atoms with Crippen LogP contribution in [0.15, 0.2) is 23.2 Å². The SMILES string of the molecule is CCNC(=NCC(c1ccc(OC)c(OC)c1)N1CCOCC1)NCCNC(=O)C1CC1. The van der Waals surface area contributed by atoms with Crippen molar-refractivity contribution in [2.24, 2.45) is 10.9 Å². The summed E-state index contributed by atoms with van der Waals surface area (Å²) >= 11 is 0. The topological polar surface area (TPSA) is 96.5 Å². The molecule has 3 N–H and O–H groups in total. The number of hydrogen-bond acceptors (Lipinski definition) is 6. The first-order chi connectivity index (χ1) is 15.7. The summed E-state index contributed by atoms with van der Waals surface area (Å²) < 4.78 is 16.5. The molecule has 1 aliphatic heterocycles. The molecule has 0 radical (unpaired) electrons. The lowest BCUT2D eigenvalue weighted by Crippen LogP contribution is -2.43.